The number of nitrogens with zero attached hydrogens (tertiary/aromatic N) is 2. The van der Waals surface area contributed by atoms with Gasteiger partial charge in [-0.15, -0.1) is 0 Å². The van der Waals surface area contributed by atoms with Crippen molar-refractivity contribution in [2.75, 3.05) is 13.2 Å². The molecule has 0 bridgehead atoms. The monoisotopic (exact) mass is 496 g/mol. The van der Waals surface area contributed by atoms with Gasteiger partial charge in [-0.1, -0.05) is 29.3 Å². The minimum atomic E-state index is -0.879. The standard InChI is InChI=1S/C25H18Cl2N2O5/c26-17-3-1-15(11-18(17)27)22-21(23(30)16-2-4-19-20(12-16)34-10-9-33-19)24(31)25(32)29(22)13-14-5-7-28-8-6-14/h1-8,11-12,22,30H,9-10,13H2/b23-21-. The Bertz CT molecular complexity index is 1330. The average molecular weight is 497 g/mol. The fourth-order valence-corrected chi connectivity index (χ4v) is 4.41. The molecule has 1 atom stereocenters. The number of rotatable bonds is 4. The number of halogens is 2. The number of amides is 1. The molecule has 172 valence electrons. The van der Waals surface area contributed by atoms with Gasteiger partial charge in [-0.2, -0.15) is 0 Å². The number of ketones is 1. The Morgan fingerprint density at radius 1 is 0.971 bits per heavy atom. The van der Waals surface area contributed by atoms with E-state index in [1.807, 2.05) is 0 Å². The lowest BCUT2D eigenvalue weighted by Crippen LogP contribution is -2.29. The van der Waals surface area contributed by atoms with Crippen molar-refractivity contribution >= 4 is 40.7 Å². The van der Waals surface area contributed by atoms with Gasteiger partial charge in [-0.3, -0.25) is 14.6 Å². The Hall–Kier alpha value is -3.55. The molecule has 34 heavy (non-hydrogen) atoms. The van der Waals surface area contributed by atoms with Gasteiger partial charge < -0.3 is 19.5 Å². The highest BCUT2D eigenvalue weighted by atomic mass is 35.5. The second-order valence-electron chi connectivity index (χ2n) is 7.81. The van der Waals surface area contributed by atoms with E-state index in [0.717, 1.165) is 5.56 Å². The molecule has 9 heteroatoms. The van der Waals surface area contributed by atoms with Crippen molar-refractivity contribution in [2.45, 2.75) is 12.6 Å². The van der Waals surface area contributed by atoms with Gasteiger partial charge in [-0.25, -0.2) is 0 Å². The molecule has 3 heterocycles. The van der Waals surface area contributed by atoms with Crippen LogP contribution in [0.1, 0.15) is 22.7 Å². The molecule has 1 N–H and O–H groups in total. The largest absolute Gasteiger partial charge is 0.507 e. The van der Waals surface area contributed by atoms with Gasteiger partial charge in [0.25, 0.3) is 11.7 Å². The number of Topliss-reactive ketones (excluding diaryl/α,β-unsaturated/α-hetero) is 1. The Morgan fingerprint density at radius 2 is 1.71 bits per heavy atom. The molecule has 2 aromatic carbocycles. The second-order valence-corrected chi connectivity index (χ2v) is 8.63. The van der Waals surface area contributed by atoms with Crippen LogP contribution in [0.25, 0.3) is 5.76 Å². The third-order valence-electron chi connectivity index (χ3n) is 5.72. The van der Waals surface area contributed by atoms with Crippen LogP contribution in [0.2, 0.25) is 10.0 Å². The molecule has 1 fully saturated rings. The van der Waals surface area contributed by atoms with Gasteiger partial charge in [0, 0.05) is 24.5 Å². The van der Waals surface area contributed by atoms with E-state index in [9.17, 15) is 14.7 Å². The van der Waals surface area contributed by atoms with E-state index in [0.29, 0.717) is 40.9 Å². The summed E-state index contributed by atoms with van der Waals surface area (Å²) in [4.78, 5) is 31.7. The Labute approximate surface area is 205 Å². The number of carbonyl (C=O) groups is 2. The lowest BCUT2D eigenvalue weighted by Gasteiger charge is -2.26. The molecule has 1 amide bonds. The molecule has 3 aromatic rings. The second kappa shape index (κ2) is 9.00. The molecule has 1 unspecified atom stereocenters. The summed E-state index contributed by atoms with van der Waals surface area (Å²) in [6.07, 6.45) is 3.21. The zero-order chi connectivity index (χ0) is 23.8. The predicted octanol–water partition coefficient (Wildman–Crippen LogP) is 4.78. The Kier molecular flexibility index (Phi) is 5.89. The SMILES string of the molecule is O=C1C(=O)N(Cc2ccncc2)C(c2ccc(Cl)c(Cl)c2)/C1=C(/O)c1ccc2c(c1)OCCO2. The van der Waals surface area contributed by atoms with Crippen molar-refractivity contribution in [2.24, 2.45) is 0 Å². The lowest BCUT2D eigenvalue weighted by atomic mass is 9.95. The zero-order valence-electron chi connectivity index (χ0n) is 17.7. The van der Waals surface area contributed by atoms with E-state index in [1.54, 1.807) is 60.9 Å². The highest BCUT2D eigenvalue weighted by Crippen LogP contribution is 2.42. The maximum absolute atomic E-state index is 13.2. The van der Waals surface area contributed by atoms with Crippen molar-refractivity contribution in [3.63, 3.8) is 0 Å². The van der Waals surface area contributed by atoms with Gasteiger partial charge >= 0.3 is 0 Å². The number of aromatic nitrogens is 1. The van der Waals surface area contributed by atoms with Gasteiger partial charge in [0.1, 0.15) is 19.0 Å². The number of hydrogen-bond donors (Lipinski definition) is 1. The molecular weight excluding hydrogens is 479 g/mol. The summed E-state index contributed by atoms with van der Waals surface area (Å²) in [6.45, 7) is 0.933. The van der Waals surface area contributed by atoms with E-state index in [2.05, 4.69) is 4.98 Å². The average Bonchev–Trinajstić information content (AvgIpc) is 3.10. The highest BCUT2D eigenvalue weighted by Gasteiger charge is 2.46. The van der Waals surface area contributed by atoms with Crippen LogP contribution in [0.15, 0.2) is 66.5 Å². The number of aliphatic hydroxyl groups is 1. The fourth-order valence-electron chi connectivity index (χ4n) is 4.10. The van der Waals surface area contributed by atoms with Crippen molar-refractivity contribution in [3.8, 4) is 11.5 Å². The van der Waals surface area contributed by atoms with Crippen molar-refractivity contribution in [3.05, 3.63) is 93.2 Å². The first-order chi connectivity index (χ1) is 16.4. The summed E-state index contributed by atoms with van der Waals surface area (Å²) in [7, 11) is 0. The fraction of sp³-hybridized carbons (Fsp3) is 0.160. The van der Waals surface area contributed by atoms with E-state index in [4.69, 9.17) is 32.7 Å². The zero-order valence-corrected chi connectivity index (χ0v) is 19.2. The van der Waals surface area contributed by atoms with Crippen molar-refractivity contribution in [1.82, 2.24) is 9.88 Å². The number of fused-ring (bicyclic) bond motifs is 1. The normalized spacial score (nSPS) is 18.9. The molecule has 2 aliphatic rings. The highest BCUT2D eigenvalue weighted by molar-refractivity contribution is 6.46. The Morgan fingerprint density at radius 3 is 2.44 bits per heavy atom. The molecule has 1 aromatic heterocycles. The number of carbonyl (C=O) groups excluding carboxylic acids is 2. The van der Waals surface area contributed by atoms with Gasteiger partial charge in [0.05, 0.1) is 21.7 Å². The van der Waals surface area contributed by atoms with Crippen LogP contribution < -0.4 is 9.47 Å². The molecule has 0 spiro atoms. The predicted molar refractivity (Wildman–Crippen MR) is 126 cm³/mol. The molecule has 2 aliphatic heterocycles. The summed E-state index contributed by atoms with van der Waals surface area (Å²) in [5.74, 6) is -0.845. The number of aliphatic hydroxyl groups excluding tert-OH is 1. The van der Waals surface area contributed by atoms with E-state index in [-0.39, 0.29) is 22.9 Å². The van der Waals surface area contributed by atoms with Crippen LogP contribution >= 0.6 is 23.2 Å². The van der Waals surface area contributed by atoms with Gasteiger partial charge in [0.2, 0.25) is 0 Å². The van der Waals surface area contributed by atoms with Gasteiger partial charge in [0.15, 0.2) is 11.5 Å². The van der Waals surface area contributed by atoms with Crippen LogP contribution in [-0.2, 0) is 16.1 Å². The van der Waals surface area contributed by atoms with Crippen LogP contribution in [0.5, 0.6) is 11.5 Å². The topological polar surface area (TPSA) is 89.0 Å². The van der Waals surface area contributed by atoms with E-state index < -0.39 is 17.7 Å². The number of benzene rings is 2. The first-order valence-corrected chi connectivity index (χ1v) is 11.2. The Balaban J connectivity index is 1.65. The summed E-state index contributed by atoms with van der Waals surface area (Å²) >= 11 is 12.4. The summed E-state index contributed by atoms with van der Waals surface area (Å²) in [5, 5.41) is 11.9. The number of pyridine rings is 1. The lowest BCUT2D eigenvalue weighted by molar-refractivity contribution is -0.140. The first kappa shape index (κ1) is 22.3. The van der Waals surface area contributed by atoms with Crippen LogP contribution in [0.4, 0.5) is 0 Å². The van der Waals surface area contributed by atoms with Crippen LogP contribution in [-0.4, -0.2) is 39.9 Å². The molecule has 0 saturated carbocycles. The minimum Gasteiger partial charge on any atom is -0.507 e. The summed E-state index contributed by atoms with van der Waals surface area (Å²) < 4.78 is 11.1. The van der Waals surface area contributed by atoms with Crippen LogP contribution in [0, 0.1) is 0 Å². The molecular formula is C25H18Cl2N2O5. The molecule has 0 aliphatic carbocycles. The smallest absolute Gasteiger partial charge is 0.295 e. The third kappa shape index (κ3) is 3.97. The van der Waals surface area contributed by atoms with Crippen molar-refractivity contribution in [1.29, 1.82) is 0 Å². The third-order valence-corrected chi connectivity index (χ3v) is 6.46. The van der Waals surface area contributed by atoms with Crippen molar-refractivity contribution < 1.29 is 24.2 Å². The quantitative estimate of drug-likeness (QED) is 0.317. The number of hydrogen-bond acceptors (Lipinski definition) is 6. The minimum absolute atomic E-state index is 0.0471. The van der Waals surface area contributed by atoms with E-state index >= 15 is 0 Å². The summed E-state index contributed by atoms with van der Waals surface area (Å²) in [5.41, 5.74) is 1.60. The molecule has 1 saturated heterocycles. The molecule has 0 radical (unpaired) electrons. The first-order valence-electron chi connectivity index (χ1n) is 10.5. The molecule has 7 nitrogen and oxygen atoms in total. The number of ether oxygens (including phenoxy) is 2. The maximum atomic E-state index is 13.2. The number of likely N-dealkylation sites (tertiary alicyclic amines) is 1. The summed E-state index contributed by atoms with van der Waals surface area (Å²) in [6, 6.07) is 12.4. The molecule has 5 rings (SSSR count). The van der Waals surface area contributed by atoms with Crippen LogP contribution in [0.3, 0.4) is 0 Å². The van der Waals surface area contributed by atoms with Gasteiger partial charge in [-0.05, 0) is 53.6 Å². The van der Waals surface area contributed by atoms with E-state index in [1.165, 1.54) is 4.90 Å². The maximum Gasteiger partial charge on any atom is 0.295 e.